The van der Waals surface area contributed by atoms with Gasteiger partial charge in [0, 0.05) is 24.2 Å². The molecular weight excluding hydrogens is 276 g/mol. The van der Waals surface area contributed by atoms with Crippen LogP contribution in [0.5, 0.6) is 0 Å². The first-order chi connectivity index (χ1) is 10.6. The van der Waals surface area contributed by atoms with Crippen LogP contribution in [0.3, 0.4) is 0 Å². The Balaban J connectivity index is 1.80. The van der Waals surface area contributed by atoms with E-state index in [1.165, 1.54) is 0 Å². The predicted octanol–water partition coefficient (Wildman–Crippen LogP) is 3.06. The van der Waals surface area contributed by atoms with Gasteiger partial charge in [0.25, 0.3) is 5.91 Å². The molecular formula is C18H20N2O2. The Morgan fingerprint density at radius 2 is 1.77 bits per heavy atom. The molecule has 114 valence electrons. The maximum Gasteiger partial charge on any atom is 0.251 e. The normalized spacial score (nSPS) is 10.1. The zero-order valence-corrected chi connectivity index (χ0v) is 12.8. The summed E-state index contributed by atoms with van der Waals surface area (Å²) in [4.78, 5) is 23.8. The molecule has 4 heteroatoms. The van der Waals surface area contributed by atoms with Crippen molar-refractivity contribution in [2.75, 3.05) is 11.9 Å². The predicted molar refractivity (Wildman–Crippen MR) is 87.9 cm³/mol. The molecule has 0 radical (unpaired) electrons. The average Bonchev–Trinajstić information content (AvgIpc) is 2.49. The molecule has 0 unspecified atom stereocenters. The Morgan fingerprint density at radius 3 is 2.50 bits per heavy atom. The van der Waals surface area contributed by atoms with Crippen molar-refractivity contribution < 1.29 is 9.59 Å². The lowest BCUT2D eigenvalue weighted by molar-refractivity contribution is -0.116. The van der Waals surface area contributed by atoms with Crippen LogP contribution in [0.2, 0.25) is 0 Å². The molecule has 2 N–H and O–H groups in total. The molecule has 0 bridgehead atoms. The standard InChI is InChI=1S/C18H20N2O2/c1-13-6-5-8-15(12-13)18(22)19-11-10-17(21)20-16-9-4-3-7-14(16)2/h3-9,12H,10-11H2,1-2H3,(H,19,22)(H,20,21). The van der Waals surface area contributed by atoms with Gasteiger partial charge in [-0.2, -0.15) is 0 Å². The Kier molecular flexibility index (Phi) is 5.31. The van der Waals surface area contributed by atoms with Gasteiger partial charge in [0.05, 0.1) is 0 Å². The van der Waals surface area contributed by atoms with Crippen LogP contribution in [0.15, 0.2) is 48.5 Å². The third kappa shape index (κ3) is 4.45. The molecule has 2 rings (SSSR count). The number of benzene rings is 2. The second-order valence-corrected chi connectivity index (χ2v) is 5.24. The molecule has 4 nitrogen and oxygen atoms in total. The molecule has 2 aromatic rings. The van der Waals surface area contributed by atoms with Crippen LogP contribution >= 0.6 is 0 Å². The van der Waals surface area contributed by atoms with Crippen molar-refractivity contribution in [1.29, 1.82) is 0 Å². The molecule has 0 heterocycles. The summed E-state index contributed by atoms with van der Waals surface area (Å²) in [5.41, 5.74) is 3.46. The molecule has 0 saturated carbocycles. The molecule has 0 aliphatic rings. The minimum absolute atomic E-state index is 0.112. The van der Waals surface area contributed by atoms with Crippen molar-refractivity contribution in [1.82, 2.24) is 5.32 Å². The van der Waals surface area contributed by atoms with Gasteiger partial charge in [0.15, 0.2) is 0 Å². The van der Waals surface area contributed by atoms with E-state index in [2.05, 4.69) is 10.6 Å². The smallest absolute Gasteiger partial charge is 0.251 e. The molecule has 0 fully saturated rings. The number of carbonyl (C=O) groups is 2. The second-order valence-electron chi connectivity index (χ2n) is 5.24. The van der Waals surface area contributed by atoms with Crippen LogP contribution < -0.4 is 10.6 Å². The van der Waals surface area contributed by atoms with Gasteiger partial charge >= 0.3 is 0 Å². The van der Waals surface area contributed by atoms with E-state index in [1.807, 2.05) is 56.3 Å². The molecule has 0 saturated heterocycles. The van der Waals surface area contributed by atoms with Crippen molar-refractivity contribution in [3.05, 3.63) is 65.2 Å². The number of anilines is 1. The van der Waals surface area contributed by atoms with Gasteiger partial charge in [-0.15, -0.1) is 0 Å². The summed E-state index contributed by atoms with van der Waals surface area (Å²) in [7, 11) is 0. The van der Waals surface area contributed by atoms with E-state index in [1.54, 1.807) is 6.07 Å². The number of carbonyl (C=O) groups excluding carboxylic acids is 2. The lowest BCUT2D eigenvalue weighted by atomic mass is 10.1. The Labute approximate surface area is 130 Å². The molecule has 0 spiro atoms. The second kappa shape index (κ2) is 7.41. The fraction of sp³-hybridized carbons (Fsp3) is 0.222. The number of hydrogen-bond donors (Lipinski definition) is 2. The summed E-state index contributed by atoms with van der Waals surface area (Å²) < 4.78 is 0. The van der Waals surface area contributed by atoms with Crippen LogP contribution in [0.4, 0.5) is 5.69 Å². The maximum atomic E-state index is 11.9. The molecule has 2 amide bonds. The highest BCUT2D eigenvalue weighted by atomic mass is 16.2. The monoisotopic (exact) mass is 296 g/mol. The fourth-order valence-electron chi connectivity index (χ4n) is 2.10. The lowest BCUT2D eigenvalue weighted by Crippen LogP contribution is -2.27. The average molecular weight is 296 g/mol. The van der Waals surface area contributed by atoms with Crippen molar-refractivity contribution in [3.8, 4) is 0 Å². The van der Waals surface area contributed by atoms with Crippen LogP contribution in [0, 0.1) is 13.8 Å². The van der Waals surface area contributed by atoms with Gasteiger partial charge in [0.2, 0.25) is 5.91 Å². The summed E-state index contributed by atoms with van der Waals surface area (Å²) in [6.45, 7) is 4.19. The molecule has 22 heavy (non-hydrogen) atoms. The summed E-state index contributed by atoms with van der Waals surface area (Å²) in [5.74, 6) is -0.272. The van der Waals surface area contributed by atoms with E-state index in [4.69, 9.17) is 0 Å². The lowest BCUT2D eigenvalue weighted by Gasteiger charge is -2.09. The zero-order valence-electron chi connectivity index (χ0n) is 12.8. The number of rotatable bonds is 5. The molecule has 0 aromatic heterocycles. The van der Waals surface area contributed by atoms with Crippen molar-refractivity contribution in [2.45, 2.75) is 20.3 Å². The number of amides is 2. The van der Waals surface area contributed by atoms with E-state index in [9.17, 15) is 9.59 Å². The van der Waals surface area contributed by atoms with Crippen LogP contribution in [0.1, 0.15) is 27.9 Å². The fourth-order valence-corrected chi connectivity index (χ4v) is 2.10. The molecule has 2 aromatic carbocycles. The van der Waals surface area contributed by atoms with Crippen molar-refractivity contribution in [2.24, 2.45) is 0 Å². The summed E-state index contributed by atoms with van der Waals surface area (Å²) in [6, 6.07) is 15.0. The van der Waals surface area contributed by atoms with Gasteiger partial charge < -0.3 is 10.6 Å². The topological polar surface area (TPSA) is 58.2 Å². The van der Waals surface area contributed by atoms with Gasteiger partial charge in [-0.25, -0.2) is 0 Å². The van der Waals surface area contributed by atoms with Gasteiger partial charge in [0.1, 0.15) is 0 Å². The summed E-state index contributed by atoms with van der Waals surface area (Å²) in [6.07, 6.45) is 0.242. The van der Waals surface area contributed by atoms with E-state index in [0.717, 1.165) is 16.8 Å². The van der Waals surface area contributed by atoms with Crippen molar-refractivity contribution >= 4 is 17.5 Å². The van der Waals surface area contributed by atoms with E-state index < -0.39 is 0 Å². The minimum atomic E-state index is -0.160. The van der Waals surface area contributed by atoms with Crippen LogP contribution in [0.25, 0.3) is 0 Å². The third-order valence-corrected chi connectivity index (χ3v) is 3.34. The van der Waals surface area contributed by atoms with Crippen LogP contribution in [-0.4, -0.2) is 18.4 Å². The molecule has 0 aliphatic heterocycles. The zero-order chi connectivity index (χ0) is 15.9. The largest absolute Gasteiger partial charge is 0.352 e. The Morgan fingerprint density at radius 1 is 1.00 bits per heavy atom. The maximum absolute atomic E-state index is 11.9. The third-order valence-electron chi connectivity index (χ3n) is 3.34. The van der Waals surface area contributed by atoms with E-state index in [-0.39, 0.29) is 18.2 Å². The number of hydrogen-bond acceptors (Lipinski definition) is 2. The summed E-state index contributed by atoms with van der Waals surface area (Å²) >= 11 is 0. The highest BCUT2D eigenvalue weighted by Crippen LogP contribution is 2.13. The van der Waals surface area contributed by atoms with Gasteiger partial charge in [-0.1, -0.05) is 35.9 Å². The van der Waals surface area contributed by atoms with E-state index in [0.29, 0.717) is 12.1 Å². The molecule has 0 aliphatic carbocycles. The van der Waals surface area contributed by atoms with Crippen molar-refractivity contribution in [3.63, 3.8) is 0 Å². The van der Waals surface area contributed by atoms with Gasteiger partial charge in [-0.05, 0) is 37.6 Å². The highest BCUT2D eigenvalue weighted by Gasteiger charge is 2.07. The number of nitrogens with one attached hydrogen (secondary N) is 2. The number of para-hydroxylation sites is 1. The Bertz CT molecular complexity index is 680. The summed E-state index contributed by atoms with van der Waals surface area (Å²) in [5, 5.41) is 5.60. The molecule has 0 atom stereocenters. The van der Waals surface area contributed by atoms with E-state index >= 15 is 0 Å². The highest BCUT2D eigenvalue weighted by molar-refractivity contribution is 5.95. The van der Waals surface area contributed by atoms with Crippen LogP contribution in [-0.2, 0) is 4.79 Å². The SMILES string of the molecule is Cc1cccc(C(=O)NCCC(=O)Nc2ccccc2C)c1. The quantitative estimate of drug-likeness (QED) is 0.891. The first-order valence-electron chi connectivity index (χ1n) is 7.26. The first-order valence-corrected chi connectivity index (χ1v) is 7.26. The number of aryl methyl sites for hydroxylation is 2. The van der Waals surface area contributed by atoms with Gasteiger partial charge in [-0.3, -0.25) is 9.59 Å². The minimum Gasteiger partial charge on any atom is -0.352 e. The first kappa shape index (κ1) is 15.8. The Hall–Kier alpha value is -2.62.